The Bertz CT molecular complexity index is 700. The van der Waals surface area contributed by atoms with Crippen LogP contribution in [0.3, 0.4) is 0 Å². The number of nitrogens with zero attached hydrogens (tertiary/aromatic N) is 1. The molecule has 0 amide bonds. The first kappa shape index (κ1) is 16.0. The van der Waals surface area contributed by atoms with Crippen LogP contribution in [0.2, 0.25) is 0 Å². The Labute approximate surface area is 128 Å². The predicted octanol–water partition coefficient (Wildman–Crippen LogP) is 3.07. The van der Waals surface area contributed by atoms with E-state index in [0.717, 1.165) is 11.6 Å². The second-order valence-corrected chi connectivity index (χ2v) is 5.32. The van der Waals surface area contributed by atoms with E-state index < -0.39 is 5.82 Å². The minimum atomic E-state index is -0.561. The Morgan fingerprint density at radius 1 is 1.14 bits per heavy atom. The van der Waals surface area contributed by atoms with Crippen molar-refractivity contribution in [2.75, 3.05) is 7.05 Å². The van der Waals surface area contributed by atoms with Crippen molar-refractivity contribution in [3.63, 3.8) is 0 Å². The largest absolute Gasteiger partial charge is 0.508 e. The maximum atomic E-state index is 13.6. The standard InChI is InChI=1S/C17H18FNO3/c1-11(20)15-8-14(18)7-13(17(15)22)10-19(2)9-12-5-3-4-6-16(12)21/h3-8,21-22H,9-10H2,1-2H3. The molecule has 0 saturated heterocycles. The van der Waals surface area contributed by atoms with E-state index in [9.17, 15) is 19.4 Å². The summed E-state index contributed by atoms with van der Waals surface area (Å²) in [6, 6.07) is 9.18. The molecule has 0 heterocycles. The number of phenols is 2. The molecule has 0 aliphatic carbocycles. The number of para-hydroxylation sites is 1. The molecule has 0 saturated carbocycles. The fourth-order valence-electron chi connectivity index (χ4n) is 2.33. The molecule has 2 aromatic rings. The first-order valence-corrected chi connectivity index (χ1v) is 6.86. The van der Waals surface area contributed by atoms with Crippen LogP contribution in [0.25, 0.3) is 0 Å². The third kappa shape index (κ3) is 3.62. The monoisotopic (exact) mass is 303 g/mol. The zero-order valence-corrected chi connectivity index (χ0v) is 12.5. The van der Waals surface area contributed by atoms with E-state index in [0.29, 0.717) is 12.1 Å². The van der Waals surface area contributed by atoms with Crippen LogP contribution in [0.1, 0.15) is 28.4 Å². The van der Waals surface area contributed by atoms with Gasteiger partial charge in [0.25, 0.3) is 0 Å². The van der Waals surface area contributed by atoms with Crippen LogP contribution in [0.15, 0.2) is 36.4 Å². The number of halogens is 1. The van der Waals surface area contributed by atoms with Gasteiger partial charge in [0.15, 0.2) is 5.78 Å². The zero-order valence-electron chi connectivity index (χ0n) is 12.5. The van der Waals surface area contributed by atoms with Crippen molar-refractivity contribution < 1.29 is 19.4 Å². The number of phenolic OH excluding ortho intramolecular Hbond substituents is 2. The quantitative estimate of drug-likeness (QED) is 0.833. The van der Waals surface area contributed by atoms with Gasteiger partial charge in [-0.3, -0.25) is 9.69 Å². The van der Waals surface area contributed by atoms with Gasteiger partial charge in [-0.15, -0.1) is 0 Å². The van der Waals surface area contributed by atoms with Crippen LogP contribution in [0.4, 0.5) is 4.39 Å². The number of Topliss-reactive ketones (excluding diaryl/α,β-unsaturated/α-hetero) is 1. The molecule has 0 radical (unpaired) electrons. The summed E-state index contributed by atoms with van der Waals surface area (Å²) in [6.45, 7) is 1.96. The van der Waals surface area contributed by atoms with Crippen LogP contribution in [0.5, 0.6) is 11.5 Å². The highest BCUT2D eigenvalue weighted by atomic mass is 19.1. The van der Waals surface area contributed by atoms with Gasteiger partial charge in [-0.25, -0.2) is 4.39 Å². The molecule has 0 unspecified atom stereocenters. The van der Waals surface area contributed by atoms with Crippen LogP contribution in [-0.4, -0.2) is 27.9 Å². The third-order valence-electron chi connectivity index (χ3n) is 3.41. The first-order chi connectivity index (χ1) is 10.4. The molecule has 0 aromatic heterocycles. The highest BCUT2D eigenvalue weighted by molar-refractivity contribution is 5.97. The Morgan fingerprint density at radius 2 is 1.77 bits per heavy atom. The molecule has 5 heteroatoms. The molecule has 2 rings (SSSR count). The lowest BCUT2D eigenvalue weighted by molar-refractivity contribution is 0.101. The first-order valence-electron chi connectivity index (χ1n) is 6.86. The molecule has 2 N–H and O–H groups in total. The van der Waals surface area contributed by atoms with Gasteiger partial charge in [0.2, 0.25) is 0 Å². The van der Waals surface area contributed by atoms with Gasteiger partial charge in [-0.2, -0.15) is 0 Å². The Kier molecular flexibility index (Phi) is 4.78. The summed E-state index contributed by atoms with van der Waals surface area (Å²) in [5, 5.41) is 19.9. The van der Waals surface area contributed by atoms with Crippen LogP contribution >= 0.6 is 0 Å². The summed E-state index contributed by atoms with van der Waals surface area (Å²) < 4.78 is 13.6. The maximum Gasteiger partial charge on any atom is 0.163 e. The molecule has 0 aliphatic heterocycles. The number of carbonyl (C=O) groups excluding carboxylic acids is 1. The fourth-order valence-corrected chi connectivity index (χ4v) is 2.33. The van der Waals surface area contributed by atoms with Crippen molar-refractivity contribution in [3.05, 3.63) is 58.9 Å². The number of benzene rings is 2. The molecule has 0 spiro atoms. The van der Waals surface area contributed by atoms with E-state index in [1.807, 2.05) is 11.0 Å². The molecule has 4 nitrogen and oxygen atoms in total. The van der Waals surface area contributed by atoms with E-state index in [-0.39, 0.29) is 29.4 Å². The number of hydrogen-bond donors (Lipinski definition) is 2. The minimum Gasteiger partial charge on any atom is -0.508 e. The van der Waals surface area contributed by atoms with Crippen molar-refractivity contribution in [2.45, 2.75) is 20.0 Å². The van der Waals surface area contributed by atoms with E-state index in [4.69, 9.17) is 0 Å². The van der Waals surface area contributed by atoms with E-state index >= 15 is 0 Å². The molecule has 0 atom stereocenters. The lowest BCUT2D eigenvalue weighted by Crippen LogP contribution is -2.18. The van der Waals surface area contributed by atoms with Gasteiger partial charge < -0.3 is 10.2 Å². The highest BCUT2D eigenvalue weighted by Crippen LogP contribution is 2.26. The summed E-state index contributed by atoms with van der Waals surface area (Å²) >= 11 is 0. The van der Waals surface area contributed by atoms with Gasteiger partial charge in [0.05, 0.1) is 5.56 Å². The second kappa shape index (κ2) is 6.58. The van der Waals surface area contributed by atoms with Crippen LogP contribution < -0.4 is 0 Å². The average Bonchev–Trinajstić information content (AvgIpc) is 2.44. The molecule has 22 heavy (non-hydrogen) atoms. The molecule has 2 aromatic carbocycles. The molecule has 0 bridgehead atoms. The van der Waals surface area contributed by atoms with E-state index in [1.165, 1.54) is 13.0 Å². The normalized spacial score (nSPS) is 10.9. The van der Waals surface area contributed by atoms with Gasteiger partial charge in [-0.05, 0) is 32.2 Å². The number of hydrogen-bond acceptors (Lipinski definition) is 4. The average molecular weight is 303 g/mol. The molecule has 0 fully saturated rings. The summed E-state index contributed by atoms with van der Waals surface area (Å²) in [6.07, 6.45) is 0. The summed E-state index contributed by atoms with van der Waals surface area (Å²) in [5.41, 5.74) is 1.04. The summed E-state index contributed by atoms with van der Waals surface area (Å²) in [5.74, 6) is -0.962. The van der Waals surface area contributed by atoms with Gasteiger partial charge in [0.1, 0.15) is 17.3 Å². The lowest BCUT2D eigenvalue weighted by atomic mass is 10.0. The molecule has 0 aliphatic rings. The predicted molar refractivity (Wildman–Crippen MR) is 81.3 cm³/mol. The fraction of sp³-hybridized carbons (Fsp3) is 0.235. The van der Waals surface area contributed by atoms with Crippen molar-refractivity contribution in [1.82, 2.24) is 4.90 Å². The van der Waals surface area contributed by atoms with Crippen molar-refractivity contribution in [1.29, 1.82) is 0 Å². The van der Waals surface area contributed by atoms with Crippen molar-refractivity contribution in [3.8, 4) is 11.5 Å². The highest BCUT2D eigenvalue weighted by Gasteiger charge is 2.15. The smallest absolute Gasteiger partial charge is 0.163 e. The van der Waals surface area contributed by atoms with Crippen LogP contribution in [-0.2, 0) is 13.1 Å². The number of ketones is 1. The van der Waals surface area contributed by atoms with E-state index in [1.54, 1.807) is 25.2 Å². The number of aromatic hydroxyl groups is 2. The minimum absolute atomic E-state index is 0.0223. The molecular formula is C17H18FNO3. The number of rotatable bonds is 5. The maximum absolute atomic E-state index is 13.6. The third-order valence-corrected chi connectivity index (χ3v) is 3.41. The Balaban J connectivity index is 2.20. The SMILES string of the molecule is CC(=O)c1cc(F)cc(CN(C)Cc2ccccc2O)c1O. The second-order valence-electron chi connectivity index (χ2n) is 5.32. The molecule has 116 valence electrons. The summed E-state index contributed by atoms with van der Waals surface area (Å²) in [4.78, 5) is 13.2. The Morgan fingerprint density at radius 3 is 2.41 bits per heavy atom. The van der Waals surface area contributed by atoms with Crippen molar-refractivity contribution in [2.24, 2.45) is 0 Å². The van der Waals surface area contributed by atoms with Gasteiger partial charge >= 0.3 is 0 Å². The van der Waals surface area contributed by atoms with E-state index in [2.05, 4.69) is 0 Å². The zero-order chi connectivity index (χ0) is 16.3. The van der Waals surface area contributed by atoms with Crippen LogP contribution in [0, 0.1) is 5.82 Å². The van der Waals surface area contributed by atoms with Crippen molar-refractivity contribution >= 4 is 5.78 Å². The number of carbonyl (C=O) groups is 1. The molecular weight excluding hydrogens is 285 g/mol. The van der Waals surface area contributed by atoms with Gasteiger partial charge in [-0.1, -0.05) is 18.2 Å². The lowest BCUT2D eigenvalue weighted by Gasteiger charge is -2.19. The Hall–Kier alpha value is -2.40. The van der Waals surface area contributed by atoms with Gasteiger partial charge in [0, 0.05) is 24.2 Å². The topological polar surface area (TPSA) is 60.8 Å². The summed E-state index contributed by atoms with van der Waals surface area (Å²) in [7, 11) is 1.78.